The molecule has 0 saturated carbocycles. The van der Waals surface area contributed by atoms with Gasteiger partial charge in [-0.2, -0.15) is 0 Å². The molecule has 0 bridgehead atoms. The number of aliphatic hydroxyl groups is 1. The number of aromatic amines is 1. The first kappa shape index (κ1) is 13.0. The molecule has 0 aliphatic carbocycles. The molecule has 0 saturated heterocycles. The van der Waals surface area contributed by atoms with E-state index in [9.17, 15) is 9.90 Å². The van der Waals surface area contributed by atoms with E-state index in [-0.39, 0.29) is 0 Å². The smallest absolute Gasteiger partial charge is 0.408 e. The molecule has 102 valence electrons. The zero-order valence-electron chi connectivity index (χ0n) is 10.7. The van der Waals surface area contributed by atoms with Crippen LogP contribution in [0.15, 0.2) is 45.6 Å². The van der Waals surface area contributed by atoms with Gasteiger partial charge < -0.3 is 9.52 Å². The van der Waals surface area contributed by atoms with Gasteiger partial charge in [0.05, 0.1) is 5.52 Å². The number of benzene rings is 2. The van der Waals surface area contributed by atoms with Crippen molar-refractivity contribution in [3.8, 4) is 0 Å². The van der Waals surface area contributed by atoms with E-state index in [4.69, 9.17) is 16.0 Å². The lowest BCUT2D eigenvalue weighted by atomic mass is 9.97. The number of fused-ring (bicyclic) bond motifs is 1. The van der Waals surface area contributed by atoms with Gasteiger partial charge in [-0.25, -0.2) is 4.79 Å². The van der Waals surface area contributed by atoms with Crippen LogP contribution in [0.2, 0.25) is 5.02 Å². The summed E-state index contributed by atoms with van der Waals surface area (Å²) in [6, 6.07) is 10.5. The molecule has 3 rings (SSSR count). The Hall–Kier alpha value is -2.04. The fourth-order valence-corrected chi connectivity index (χ4v) is 2.40. The minimum absolute atomic E-state index is 0.422. The van der Waals surface area contributed by atoms with E-state index in [2.05, 4.69) is 4.98 Å². The van der Waals surface area contributed by atoms with E-state index in [0.29, 0.717) is 21.7 Å². The third kappa shape index (κ3) is 2.24. The van der Waals surface area contributed by atoms with Gasteiger partial charge in [0, 0.05) is 5.02 Å². The molecule has 2 N–H and O–H groups in total. The van der Waals surface area contributed by atoms with E-state index in [1.165, 1.54) is 0 Å². The zero-order valence-corrected chi connectivity index (χ0v) is 11.4. The van der Waals surface area contributed by atoms with Crippen LogP contribution in [0.4, 0.5) is 0 Å². The first-order chi connectivity index (χ1) is 9.54. The molecule has 20 heavy (non-hydrogen) atoms. The Morgan fingerprint density at radius 3 is 2.85 bits per heavy atom. The van der Waals surface area contributed by atoms with Gasteiger partial charge in [-0.05, 0) is 47.9 Å². The minimum atomic E-state index is -0.821. The fraction of sp³-hybridized carbons (Fsp3) is 0.133. The van der Waals surface area contributed by atoms with E-state index in [1.807, 2.05) is 13.0 Å². The lowest BCUT2D eigenvalue weighted by Crippen LogP contribution is -2.01. The van der Waals surface area contributed by atoms with E-state index < -0.39 is 11.9 Å². The van der Waals surface area contributed by atoms with Crippen molar-refractivity contribution in [1.29, 1.82) is 0 Å². The van der Waals surface area contributed by atoms with E-state index in [1.54, 1.807) is 30.3 Å². The topological polar surface area (TPSA) is 66.2 Å². The van der Waals surface area contributed by atoms with Crippen molar-refractivity contribution < 1.29 is 9.52 Å². The summed E-state index contributed by atoms with van der Waals surface area (Å²) in [5.41, 5.74) is 3.35. The van der Waals surface area contributed by atoms with Gasteiger partial charge in [-0.1, -0.05) is 23.7 Å². The lowest BCUT2D eigenvalue weighted by molar-refractivity contribution is 0.219. The van der Waals surface area contributed by atoms with Gasteiger partial charge in [0.2, 0.25) is 0 Å². The molecule has 1 atom stereocenters. The molecule has 1 unspecified atom stereocenters. The molecule has 0 aliphatic rings. The second kappa shape index (κ2) is 4.81. The van der Waals surface area contributed by atoms with Crippen LogP contribution in [0.1, 0.15) is 22.8 Å². The first-order valence-corrected chi connectivity index (χ1v) is 6.49. The molecule has 0 aliphatic heterocycles. The van der Waals surface area contributed by atoms with Crippen LogP contribution in [0.25, 0.3) is 11.1 Å². The molecule has 3 aromatic rings. The summed E-state index contributed by atoms with van der Waals surface area (Å²) in [7, 11) is 0. The average Bonchev–Trinajstić information content (AvgIpc) is 2.79. The summed E-state index contributed by atoms with van der Waals surface area (Å²) in [5.74, 6) is -0.509. The monoisotopic (exact) mass is 289 g/mol. The van der Waals surface area contributed by atoms with Gasteiger partial charge in [-0.15, -0.1) is 0 Å². The van der Waals surface area contributed by atoms with Crippen molar-refractivity contribution in [1.82, 2.24) is 4.98 Å². The van der Waals surface area contributed by atoms with Crippen LogP contribution >= 0.6 is 11.6 Å². The molecule has 0 amide bonds. The van der Waals surface area contributed by atoms with Gasteiger partial charge in [-0.3, -0.25) is 4.98 Å². The summed E-state index contributed by atoms with van der Waals surface area (Å²) < 4.78 is 5.00. The van der Waals surface area contributed by atoms with Crippen molar-refractivity contribution in [3.63, 3.8) is 0 Å². The Labute approximate surface area is 119 Å². The van der Waals surface area contributed by atoms with Gasteiger partial charge >= 0.3 is 5.76 Å². The number of oxazole rings is 1. The van der Waals surface area contributed by atoms with Crippen LogP contribution in [0, 0.1) is 6.92 Å². The normalized spacial score (nSPS) is 12.8. The number of aromatic nitrogens is 1. The summed E-state index contributed by atoms with van der Waals surface area (Å²) in [6.07, 6.45) is -0.821. The number of halogens is 1. The number of aliphatic hydroxyl groups excluding tert-OH is 1. The third-order valence-electron chi connectivity index (χ3n) is 3.30. The number of hydrogen-bond acceptors (Lipinski definition) is 3. The Morgan fingerprint density at radius 1 is 1.25 bits per heavy atom. The molecule has 0 spiro atoms. The molecule has 1 heterocycles. The highest BCUT2D eigenvalue weighted by atomic mass is 35.5. The highest BCUT2D eigenvalue weighted by Crippen LogP contribution is 2.28. The maximum absolute atomic E-state index is 11.1. The SMILES string of the molecule is Cc1ccc(Cl)cc1C(O)c1ccc2[nH]c(=O)oc2c1. The molecule has 0 radical (unpaired) electrons. The number of hydrogen-bond donors (Lipinski definition) is 2. The molecule has 2 aromatic carbocycles. The Bertz CT molecular complexity index is 834. The summed E-state index contributed by atoms with van der Waals surface area (Å²) in [4.78, 5) is 13.7. The highest BCUT2D eigenvalue weighted by molar-refractivity contribution is 6.30. The predicted octanol–water partition coefficient (Wildman–Crippen LogP) is 3.16. The van der Waals surface area contributed by atoms with Gasteiger partial charge in [0.25, 0.3) is 0 Å². The largest absolute Gasteiger partial charge is 0.417 e. The van der Waals surface area contributed by atoms with Crippen LogP contribution in [0.3, 0.4) is 0 Å². The number of H-pyrrole nitrogens is 1. The standard InChI is InChI=1S/C15H12ClNO3/c1-8-2-4-10(16)7-11(8)14(18)9-3-5-12-13(6-9)20-15(19)17-12/h2-7,14,18H,1H3,(H,17,19). The van der Waals surface area contributed by atoms with Gasteiger partial charge in [0.15, 0.2) is 5.58 Å². The van der Waals surface area contributed by atoms with Crippen molar-refractivity contribution in [3.05, 3.63) is 68.7 Å². The summed E-state index contributed by atoms with van der Waals surface area (Å²) in [5, 5.41) is 11.0. The average molecular weight is 290 g/mol. The Kier molecular flexibility index (Phi) is 3.12. The van der Waals surface area contributed by atoms with Crippen molar-refractivity contribution in [2.75, 3.05) is 0 Å². The van der Waals surface area contributed by atoms with E-state index in [0.717, 1.165) is 11.1 Å². The van der Waals surface area contributed by atoms with Crippen molar-refractivity contribution in [2.24, 2.45) is 0 Å². The van der Waals surface area contributed by atoms with Crippen molar-refractivity contribution in [2.45, 2.75) is 13.0 Å². The van der Waals surface area contributed by atoms with Crippen LogP contribution in [-0.2, 0) is 0 Å². The lowest BCUT2D eigenvalue weighted by Gasteiger charge is -2.14. The predicted molar refractivity (Wildman–Crippen MR) is 77.1 cm³/mol. The maximum Gasteiger partial charge on any atom is 0.417 e. The Balaban J connectivity index is 2.09. The summed E-state index contributed by atoms with van der Waals surface area (Å²) in [6.45, 7) is 1.91. The number of nitrogens with one attached hydrogen (secondary N) is 1. The van der Waals surface area contributed by atoms with Crippen LogP contribution in [-0.4, -0.2) is 10.1 Å². The zero-order chi connectivity index (χ0) is 14.3. The third-order valence-corrected chi connectivity index (χ3v) is 3.53. The molecular weight excluding hydrogens is 278 g/mol. The van der Waals surface area contributed by atoms with Crippen LogP contribution < -0.4 is 5.76 Å². The molecule has 4 nitrogen and oxygen atoms in total. The molecule has 1 aromatic heterocycles. The van der Waals surface area contributed by atoms with E-state index >= 15 is 0 Å². The quantitative estimate of drug-likeness (QED) is 0.761. The highest BCUT2D eigenvalue weighted by Gasteiger charge is 2.15. The molecule has 5 heteroatoms. The number of aryl methyl sites for hydroxylation is 1. The second-order valence-electron chi connectivity index (χ2n) is 4.67. The Morgan fingerprint density at radius 2 is 2.05 bits per heavy atom. The maximum atomic E-state index is 11.1. The summed E-state index contributed by atoms with van der Waals surface area (Å²) >= 11 is 5.97. The molecular formula is C15H12ClNO3. The number of rotatable bonds is 2. The minimum Gasteiger partial charge on any atom is -0.408 e. The van der Waals surface area contributed by atoms with Crippen molar-refractivity contribution >= 4 is 22.7 Å². The van der Waals surface area contributed by atoms with Crippen LogP contribution in [0.5, 0.6) is 0 Å². The second-order valence-corrected chi connectivity index (χ2v) is 5.11. The fourth-order valence-electron chi connectivity index (χ4n) is 2.22. The van der Waals surface area contributed by atoms with Gasteiger partial charge in [0.1, 0.15) is 6.10 Å². The first-order valence-electron chi connectivity index (χ1n) is 6.11. The molecule has 0 fully saturated rings.